The van der Waals surface area contributed by atoms with Crippen LogP contribution in [-0.4, -0.2) is 0 Å². The minimum Gasteiger partial charge on any atom is -1.00 e. The van der Waals surface area contributed by atoms with Crippen molar-refractivity contribution in [3.63, 3.8) is 0 Å². The SMILES string of the molecule is [Cl-].[Cl-].[Zr+2].[c-]1ccc[pH]1.[c-]1ccccc1.[c-]1ccccc1.[c-]1ccccc1.c1cc2[c-](c1)CC2. The molecule has 170 valence electrons. The average molecular weight is 568 g/mol. The van der Waals surface area contributed by atoms with Crippen molar-refractivity contribution >= 4 is 8.19 Å². The zero-order chi connectivity index (χ0) is 21.0. The van der Waals surface area contributed by atoms with E-state index in [4.69, 9.17) is 0 Å². The molecule has 1 heterocycles. The first-order valence-electron chi connectivity index (χ1n) is 9.93. The maximum absolute atomic E-state index is 3.01. The molecule has 0 radical (unpaired) electrons. The fraction of sp³-hybridized carbons (Fsp3) is 0.0690. The topological polar surface area (TPSA) is 0 Å². The summed E-state index contributed by atoms with van der Waals surface area (Å²) in [5.74, 6) is 5.11. The molecule has 1 aliphatic rings. The molecule has 0 saturated heterocycles. The van der Waals surface area contributed by atoms with Gasteiger partial charge in [0.1, 0.15) is 0 Å². The smallest absolute Gasteiger partial charge is 1.00 e. The Hall–Kier alpha value is -1.75. The summed E-state index contributed by atoms with van der Waals surface area (Å²) in [6.07, 6.45) is 2.64. The largest absolute Gasteiger partial charge is 2.00 e. The molecule has 0 N–H and O–H groups in total. The number of rotatable bonds is 0. The van der Waals surface area contributed by atoms with Crippen molar-refractivity contribution in [2.75, 3.05) is 0 Å². The van der Waals surface area contributed by atoms with Crippen LogP contribution in [0.2, 0.25) is 0 Å². The Morgan fingerprint density at radius 2 is 1.09 bits per heavy atom. The predicted octanol–water partition coefficient (Wildman–Crippen LogP) is 1.49. The van der Waals surface area contributed by atoms with E-state index >= 15 is 0 Å². The third-order valence-corrected chi connectivity index (χ3v) is 4.63. The molecule has 1 aliphatic carbocycles. The van der Waals surface area contributed by atoms with Crippen LogP contribution in [0, 0.1) is 24.0 Å². The van der Waals surface area contributed by atoms with Gasteiger partial charge in [-0.2, -0.15) is 144 Å². The van der Waals surface area contributed by atoms with Gasteiger partial charge in [0.25, 0.3) is 0 Å². The Morgan fingerprint density at radius 3 is 1.21 bits per heavy atom. The molecule has 1 atom stereocenters. The van der Waals surface area contributed by atoms with Crippen molar-refractivity contribution in [2.45, 2.75) is 12.8 Å². The van der Waals surface area contributed by atoms with Crippen LogP contribution in [0.15, 0.2) is 127 Å². The summed E-state index contributed by atoms with van der Waals surface area (Å²) in [4.78, 5) is 0. The van der Waals surface area contributed by atoms with Gasteiger partial charge < -0.3 is 24.8 Å². The predicted molar refractivity (Wildman–Crippen MR) is 130 cm³/mol. The summed E-state index contributed by atoms with van der Waals surface area (Å²) < 4.78 is 0. The van der Waals surface area contributed by atoms with Gasteiger partial charge in [-0.05, 0) is 0 Å². The Balaban J connectivity index is 0. The first-order valence-corrected chi connectivity index (χ1v) is 11.0. The maximum Gasteiger partial charge on any atom is 2.00 e. The van der Waals surface area contributed by atoms with E-state index in [-0.39, 0.29) is 51.0 Å². The van der Waals surface area contributed by atoms with Gasteiger partial charge in [0.05, 0.1) is 0 Å². The van der Waals surface area contributed by atoms with Crippen LogP contribution in [0.4, 0.5) is 0 Å². The van der Waals surface area contributed by atoms with Crippen LogP contribution in [0.1, 0.15) is 11.1 Å². The zero-order valence-electron chi connectivity index (χ0n) is 18.3. The van der Waals surface area contributed by atoms with E-state index < -0.39 is 0 Å². The van der Waals surface area contributed by atoms with Crippen LogP contribution in [0.3, 0.4) is 0 Å². The zero-order valence-corrected chi connectivity index (χ0v) is 23.3. The van der Waals surface area contributed by atoms with Crippen LogP contribution >= 0.6 is 8.19 Å². The molecular formula is C29H26Cl2PZr-5. The normalized spacial score (nSPS) is 9.09. The molecular weight excluding hydrogens is 541 g/mol. The fourth-order valence-corrected chi connectivity index (χ4v) is 2.82. The van der Waals surface area contributed by atoms with Crippen LogP contribution in [0.25, 0.3) is 0 Å². The fourth-order valence-electron chi connectivity index (χ4n) is 2.34. The number of fused-ring (bicyclic) bond motifs is 1. The third-order valence-electron chi connectivity index (χ3n) is 3.93. The molecule has 0 fully saturated rings. The Kier molecular flexibility index (Phi) is 25.2. The first-order chi connectivity index (χ1) is 15.0. The second kappa shape index (κ2) is 24.9. The molecule has 0 bridgehead atoms. The van der Waals surface area contributed by atoms with Crippen LogP contribution in [0.5, 0.6) is 0 Å². The minimum absolute atomic E-state index is 0. The number of hydrogen-bond acceptors (Lipinski definition) is 0. The summed E-state index contributed by atoms with van der Waals surface area (Å²) >= 11 is 0. The third kappa shape index (κ3) is 18.4. The van der Waals surface area contributed by atoms with E-state index in [9.17, 15) is 0 Å². The first kappa shape index (κ1) is 33.4. The molecule has 1 unspecified atom stereocenters. The second-order valence-electron chi connectivity index (χ2n) is 6.12. The van der Waals surface area contributed by atoms with Crippen LogP contribution < -0.4 is 24.8 Å². The number of hydrogen-bond donors (Lipinski definition) is 0. The van der Waals surface area contributed by atoms with Crippen molar-refractivity contribution in [1.29, 1.82) is 0 Å². The molecule has 5 aromatic rings. The van der Waals surface area contributed by atoms with E-state index in [1.165, 1.54) is 12.8 Å². The molecule has 0 nitrogen and oxygen atoms in total. The van der Waals surface area contributed by atoms with E-state index in [0.717, 1.165) is 8.19 Å². The standard InChI is InChI=1S/C7H7.3C6H5.C4H4P.2ClH.Zr/c1-2-6-4-5-7(6)3-1;3*1-2-4-6-5-3-1;1-2-4-5-3-1;;;/h1-3H,4-5H2;3*1-5H;1-3,5H;2*1H;/q5*-1;;;+2/p-2. The van der Waals surface area contributed by atoms with E-state index in [1.54, 1.807) is 11.1 Å². The van der Waals surface area contributed by atoms with Crippen molar-refractivity contribution in [2.24, 2.45) is 0 Å². The monoisotopic (exact) mass is 565 g/mol. The Morgan fingerprint density at radius 1 is 0.606 bits per heavy atom. The van der Waals surface area contributed by atoms with Crippen molar-refractivity contribution in [1.82, 2.24) is 0 Å². The van der Waals surface area contributed by atoms with Gasteiger partial charge in [-0.1, -0.05) is 12.8 Å². The van der Waals surface area contributed by atoms with Gasteiger partial charge in [-0.25, -0.2) is 18.2 Å². The van der Waals surface area contributed by atoms with E-state index in [1.807, 2.05) is 103 Å². The van der Waals surface area contributed by atoms with E-state index in [0.29, 0.717) is 0 Å². The molecule has 4 aromatic carbocycles. The molecule has 4 heteroatoms. The molecule has 0 saturated carbocycles. The van der Waals surface area contributed by atoms with Crippen molar-refractivity contribution in [3.8, 4) is 0 Å². The molecule has 33 heavy (non-hydrogen) atoms. The number of halogens is 2. The number of benzene rings is 3. The van der Waals surface area contributed by atoms with Gasteiger partial charge in [0, 0.05) is 0 Å². The number of aryl methyl sites for hydroxylation is 2. The summed E-state index contributed by atoms with van der Waals surface area (Å²) in [7, 11) is 0.823. The van der Waals surface area contributed by atoms with Gasteiger partial charge in [-0.15, -0.1) is 0 Å². The van der Waals surface area contributed by atoms with E-state index in [2.05, 4.69) is 48.0 Å². The second-order valence-corrected chi connectivity index (χ2v) is 7.03. The maximum atomic E-state index is 3.01. The molecule has 0 amide bonds. The summed E-state index contributed by atoms with van der Waals surface area (Å²) in [6, 6.07) is 48.0. The molecule has 0 aliphatic heterocycles. The average Bonchev–Trinajstić information content (AvgIpc) is 3.52. The van der Waals surface area contributed by atoms with Gasteiger partial charge >= 0.3 is 26.2 Å². The minimum atomic E-state index is 0. The van der Waals surface area contributed by atoms with Crippen molar-refractivity contribution < 1.29 is 51.0 Å². The van der Waals surface area contributed by atoms with Gasteiger partial charge in [-0.3, -0.25) is 8.19 Å². The molecule has 6 rings (SSSR count). The molecule has 1 aromatic heterocycles. The van der Waals surface area contributed by atoms with Crippen molar-refractivity contribution in [3.05, 3.63) is 162 Å². The quantitative estimate of drug-likeness (QED) is 0.249. The Labute approximate surface area is 232 Å². The Bertz CT molecular complexity index is 750. The molecule has 0 spiro atoms. The summed E-state index contributed by atoms with van der Waals surface area (Å²) in [6.45, 7) is 0. The van der Waals surface area contributed by atoms with Gasteiger partial charge in [0.15, 0.2) is 0 Å². The van der Waals surface area contributed by atoms with Gasteiger partial charge in [0.2, 0.25) is 0 Å². The summed E-state index contributed by atoms with van der Waals surface area (Å²) in [5, 5.41) is 0. The summed E-state index contributed by atoms with van der Waals surface area (Å²) in [5.41, 5.74) is 3.14. The van der Waals surface area contributed by atoms with Crippen LogP contribution in [-0.2, 0) is 39.0 Å².